The van der Waals surface area contributed by atoms with Gasteiger partial charge >= 0.3 is 0 Å². The number of hydrogen-bond acceptors (Lipinski definition) is 3. The zero-order valence-electron chi connectivity index (χ0n) is 8.65. The number of aliphatic hydroxyl groups is 1. The van der Waals surface area contributed by atoms with Crippen LogP contribution in [-0.4, -0.2) is 31.6 Å². The van der Waals surface area contributed by atoms with Crippen molar-refractivity contribution >= 4 is 21.4 Å². The molecule has 0 aliphatic carbocycles. The van der Waals surface area contributed by atoms with Crippen LogP contribution in [0.3, 0.4) is 0 Å². The maximum Gasteiger partial charge on any atom is 0.150 e. The maximum absolute atomic E-state index is 13.0. The smallest absolute Gasteiger partial charge is 0.150 e. The first-order valence-electron chi connectivity index (χ1n) is 4.58. The first-order valence-corrected chi connectivity index (χ1v) is 7.02. The molecule has 0 aliphatic rings. The topological polar surface area (TPSA) is 54.4 Å². The van der Waals surface area contributed by atoms with Gasteiger partial charge in [-0.25, -0.2) is 12.8 Å². The van der Waals surface area contributed by atoms with E-state index in [0.717, 1.165) is 6.26 Å². The second-order valence-corrected chi connectivity index (χ2v) is 6.23. The standard InChI is InChI=1S/C10H12ClFO3S/c1-16(14,15)6-8(13)5-7-3-2-4-9(12)10(7)11/h2-4,8,13H,5-6H2,1H3. The van der Waals surface area contributed by atoms with Crippen molar-refractivity contribution in [2.45, 2.75) is 12.5 Å². The summed E-state index contributed by atoms with van der Waals surface area (Å²) in [5.41, 5.74) is 0.401. The van der Waals surface area contributed by atoms with Crippen LogP contribution in [0.25, 0.3) is 0 Å². The Balaban J connectivity index is 2.77. The van der Waals surface area contributed by atoms with E-state index in [9.17, 15) is 17.9 Å². The van der Waals surface area contributed by atoms with E-state index in [1.54, 1.807) is 6.07 Å². The molecule has 0 bridgehead atoms. The summed E-state index contributed by atoms with van der Waals surface area (Å²) in [6, 6.07) is 4.22. The van der Waals surface area contributed by atoms with Crippen molar-refractivity contribution < 1.29 is 17.9 Å². The van der Waals surface area contributed by atoms with Gasteiger partial charge in [0, 0.05) is 12.7 Å². The van der Waals surface area contributed by atoms with E-state index in [1.807, 2.05) is 0 Å². The van der Waals surface area contributed by atoms with Gasteiger partial charge in [0.25, 0.3) is 0 Å². The molecule has 16 heavy (non-hydrogen) atoms. The molecule has 0 heterocycles. The average molecular weight is 267 g/mol. The van der Waals surface area contributed by atoms with E-state index < -0.39 is 21.8 Å². The molecule has 0 fully saturated rings. The molecule has 1 N–H and O–H groups in total. The molecule has 1 unspecified atom stereocenters. The molecule has 0 radical (unpaired) electrons. The lowest BCUT2D eigenvalue weighted by molar-refractivity contribution is 0.198. The summed E-state index contributed by atoms with van der Waals surface area (Å²) in [7, 11) is -3.25. The van der Waals surface area contributed by atoms with Gasteiger partial charge in [-0.1, -0.05) is 23.7 Å². The van der Waals surface area contributed by atoms with Crippen molar-refractivity contribution in [3.8, 4) is 0 Å². The molecular weight excluding hydrogens is 255 g/mol. The number of rotatable bonds is 4. The molecule has 3 nitrogen and oxygen atoms in total. The van der Waals surface area contributed by atoms with E-state index in [-0.39, 0.29) is 17.2 Å². The highest BCUT2D eigenvalue weighted by Gasteiger charge is 2.15. The Bertz CT molecular complexity index is 473. The molecule has 1 aromatic carbocycles. The number of halogens is 2. The minimum atomic E-state index is -3.25. The molecule has 1 aromatic rings. The van der Waals surface area contributed by atoms with Gasteiger partial charge in [-0.15, -0.1) is 0 Å². The van der Waals surface area contributed by atoms with Gasteiger partial charge in [-0.2, -0.15) is 0 Å². The fourth-order valence-corrected chi connectivity index (χ4v) is 2.39. The molecule has 6 heteroatoms. The quantitative estimate of drug-likeness (QED) is 0.897. The molecule has 0 spiro atoms. The number of benzene rings is 1. The van der Waals surface area contributed by atoms with Crippen molar-refractivity contribution in [1.29, 1.82) is 0 Å². The molecule has 1 rings (SSSR count). The summed E-state index contributed by atoms with van der Waals surface area (Å²) in [5, 5.41) is 9.42. The molecule has 0 aromatic heterocycles. The fraction of sp³-hybridized carbons (Fsp3) is 0.400. The van der Waals surface area contributed by atoms with Crippen LogP contribution in [0.2, 0.25) is 5.02 Å². The number of sulfone groups is 1. The highest BCUT2D eigenvalue weighted by atomic mass is 35.5. The molecule has 90 valence electrons. The largest absolute Gasteiger partial charge is 0.392 e. The first kappa shape index (κ1) is 13.4. The SMILES string of the molecule is CS(=O)(=O)CC(O)Cc1cccc(F)c1Cl. The van der Waals surface area contributed by atoms with Gasteiger partial charge in [-0.05, 0) is 11.6 Å². The summed E-state index contributed by atoms with van der Waals surface area (Å²) in [4.78, 5) is 0. The Morgan fingerprint density at radius 1 is 1.50 bits per heavy atom. The van der Waals surface area contributed by atoms with Crippen LogP contribution in [0.15, 0.2) is 18.2 Å². The van der Waals surface area contributed by atoms with Gasteiger partial charge in [0.2, 0.25) is 0 Å². The second-order valence-electron chi connectivity index (χ2n) is 3.66. The minimum Gasteiger partial charge on any atom is -0.392 e. The third kappa shape index (κ3) is 4.08. The van der Waals surface area contributed by atoms with Crippen molar-refractivity contribution in [2.75, 3.05) is 12.0 Å². The van der Waals surface area contributed by atoms with Crippen molar-refractivity contribution in [3.05, 3.63) is 34.6 Å². The monoisotopic (exact) mass is 266 g/mol. The lowest BCUT2D eigenvalue weighted by atomic mass is 10.1. The summed E-state index contributed by atoms with van der Waals surface area (Å²) >= 11 is 5.67. The second kappa shape index (κ2) is 5.12. The Morgan fingerprint density at radius 3 is 2.69 bits per heavy atom. The van der Waals surface area contributed by atoms with Crippen molar-refractivity contribution in [2.24, 2.45) is 0 Å². The van der Waals surface area contributed by atoms with Crippen LogP contribution in [0.4, 0.5) is 4.39 Å². The summed E-state index contributed by atoms with van der Waals surface area (Å²) in [6.07, 6.45) is -0.0260. The molecule has 0 amide bonds. The Kier molecular flexibility index (Phi) is 4.29. The normalized spacial score (nSPS) is 13.8. The predicted octanol–water partition coefficient (Wildman–Crippen LogP) is 1.43. The van der Waals surface area contributed by atoms with Gasteiger partial charge < -0.3 is 5.11 Å². The van der Waals surface area contributed by atoms with Gasteiger partial charge in [-0.3, -0.25) is 0 Å². The van der Waals surface area contributed by atoms with E-state index in [1.165, 1.54) is 12.1 Å². The zero-order chi connectivity index (χ0) is 12.3. The average Bonchev–Trinajstić information content (AvgIpc) is 2.09. The van der Waals surface area contributed by atoms with Crippen LogP contribution in [0.5, 0.6) is 0 Å². The summed E-state index contributed by atoms with van der Waals surface area (Å²) < 4.78 is 34.9. The van der Waals surface area contributed by atoms with E-state index >= 15 is 0 Å². The third-order valence-corrected chi connectivity index (χ3v) is 3.40. The van der Waals surface area contributed by atoms with Crippen LogP contribution in [-0.2, 0) is 16.3 Å². The lowest BCUT2D eigenvalue weighted by Crippen LogP contribution is -2.22. The van der Waals surface area contributed by atoms with E-state index in [4.69, 9.17) is 11.6 Å². The third-order valence-electron chi connectivity index (χ3n) is 1.98. The molecule has 0 saturated heterocycles. The molecular formula is C10H12ClFO3S. The van der Waals surface area contributed by atoms with E-state index in [2.05, 4.69) is 0 Å². The summed E-state index contributed by atoms with van der Waals surface area (Å²) in [6.45, 7) is 0. The lowest BCUT2D eigenvalue weighted by Gasteiger charge is -2.10. The fourth-order valence-electron chi connectivity index (χ4n) is 1.37. The van der Waals surface area contributed by atoms with E-state index in [0.29, 0.717) is 5.56 Å². The molecule has 0 saturated carbocycles. The van der Waals surface area contributed by atoms with Crippen LogP contribution in [0, 0.1) is 5.82 Å². The number of aliphatic hydroxyl groups excluding tert-OH is 1. The first-order chi connectivity index (χ1) is 7.29. The van der Waals surface area contributed by atoms with Gasteiger partial charge in [0.1, 0.15) is 15.7 Å². The maximum atomic E-state index is 13.0. The Hall–Kier alpha value is -0.650. The minimum absolute atomic E-state index is 0.0175. The molecule has 1 atom stereocenters. The molecule has 0 aliphatic heterocycles. The summed E-state index contributed by atoms with van der Waals surface area (Å²) in [5.74, 6) is -0.939. The highest BCUT2D eigenvalue weighted by Crippen LogP contribution is 2.21. The predicted molar refractivity (Wildman–Crippen MR) is 60.8 cm³/mol. The van der Waals surface area contributed by atoms with Crippen LogP contribution >= 0.6 is 11.6 Å². The van der Waals surface area contributed by atoms with Crippen LogP contribution < -0.4 is 0 Å². The number of hydrogen-bond donors (Lipinski definition) is 1. The van der Waals surface area contributed by atoms with Gasteiger partial charge in [0.05, 0.1) is 16.9 Å². The highest BCUT2D eigenvalue weighted by molar-refractivity contribution is 7.90. The van der Waals surface area contributed by atoms with Gasteiger partial charge in [0.15, 0.2) is 0 Å². The Labute approximate surface area is 98.8 Å². The van der Waals surface area contributed by atoms with Crippen molar-refractivity contribution in [3.63, 3.8) is 0 Å². The van der Waals surface area contributed by atoms with Crippen LogP contribution in [0.1, 0.15) is 5.56 Å². The zero-order valence-corrected chi connectivity index (χ0v) is 10.2. The Morgan fingerprint density at radius 2 is 2.12 bits per heavy atom. The van der Waals surface area contributed by atoms with Crippen molar-refractivity contribution in [1.82, 2.24) is 0 Å².